The van der Waals surface area contributed by atoms with Crippen molar-refractivity contribution in [2.24, 2.45) is 0 Å². The van der Waals surface area contributed by atoms with Crippen LogP contribution in [-0.4, -0.2) is 5.91 Å². The highest BCUT2D eigenvalue weighted by molar-refractivity contribution is 9.10. The van der Waals surface area contributed by atoms with Gasteiger partial charge in [-0.25, -0.2) is 22.0 Å². The minimum Gasteiger partial charge on any atom is -0.316 e. The summed E-state index contributed by atoms with van der Waals surface area (Å²) in [5, 5.41) is 3.19. The molecule has 2 rings (SSSR count). The SMILES string of the molecule is O=C(Nc1c(F)c(F)c(F)c(F)c1F)c1sccc1Br. The molecule has 1 N–H and O–H groups in total. The number of benzene rings is 1. The molecule has 1 aromatic carbocycles. The van der Waals surface area contributed by atoms with E-state index in [1.54, 1.807) is 5.32 Å². The smallest absolute Gasteiger partial charge is 0.267 e. The number of nitrogens with one attached hydrogen (secondary N) is 1. The molecule has 0 aliphatic heterocycles. The fraction of sp³-hybridized carbons (Fsp3) is 0. The number of amides is 1. The molecular formula is C11H3BrF5NOS. The van der Waals surface area contributed by atoms with Gasteiger partial charge < -0.3 is 5.32 Å². The quantitative estimate of drug-likeness (QED) is 0.471. The molecule has 0 spiro atoms. The van der Waals surface area contributed by atoms with E-state index in [4.69, 9.17) is 0 Å². The summed E-state index contributed by atoms with van der Waals surface area (Å²) >= 11 is 3.95. The Hall–Kier alpha value is -1.48. The van der Waals surface area contributed by atoms with Crippen LogP contribution in [0.5, 0.6) is 0 Å². The van der Waals surface area contributed by atoms with Crippen molar-refractivity contribution in [2.45, 2.75) is 0 Å². The number of carbonyl (C=O) groups is 1. The van der Waals surface area contributed by atoms with Crippen LogP contribution in [0.1, 0.15) is 9.67 Å². The largest absolute Gasteiger partial charge is 0.316 e. The van der Waals surface area contributed by atoms with E-state index in [1.165, 1.54) is 11.4 Å². The summed E-state index contributed by atoms with van der Waals surface area (Å²) < 4.78 is 65.8. The van der Waals surface area contributed by atoms with Gasteiger partial charge in [0.2, 0.25) is 5.82 Å². The van der Waals surface area contributed by atoms with Crippen molar-refractivity contribution in [1.82, 2.24) is 0 Å². The Kier molecular flexibility index (Phi) is 4.09. The lowest BCUT2D eigenvalue weighted by Gasteiger charge is -2.09. The summed E-state index contributed by atoms with van der Waals surface area (Å²) in [6.45, 7) is 0. The number of rotatable bonds is 2. The molecule has 0 saturated heterocycles. The minimum absolute atomic E-state index is 0.0361. The van der Waals surface area contributed by atoms with Gasteiger partial charge >= 0.3 is 0 Å². The van der Waals surface area contributed by atoms with E-state index in [2.05, 4.69) is 15.9 Å². The van der Waals surface area contributed by atoms with E-state index in [-0.39, 0.29) is 4.88 Å². The molecule has 0 aliphatic rings. The average molecular weight is 372 g/mol. The fourth-order valence-electron chi connectivity index (χ4n) is 1.34. The first-order valence-electron chi connectivity index (χ1n) is 4.90. The fourth-order valence-corrected chi connectivity index (χ4v) is 2.79. The van der Waals surface area contributed by atoms with Crippen molar-refractivity contribution < 1.29 is 26.7 Å². The van der Waals surface area contributed by atoms with Crippen LogP contribution in [0.15, 0.2) is 15.9 Å². The van der Waals surface area contributed by atoms with Crippen LogP contribution < -0.4 is 5.32 Å². The van der Waals surface area contributed by atoms with E-state index in [0.29, 0.717) is 4.47 Å². The highest BCUT2D eigenvalue weighted by Gasteiger charge is 2.27. The molecule has 0 saturated carbocycles. The molecule has 106 valence electrons. The van der Waals surface area contributed by atoms with Crippen molar-refractivity contribution in [3.8, 4) is 0 Å². The van der Waals surface area contributed by atoms with Crippen molar-refractivity contribution in [2.75, 3.05) is 5.32 Å². The predicted molar refractivity (Wildman–Crippen MR) is 66.2 cm³/mol. The highest BCUT2D eigenvalue weighted by Crippen LogP contribution is 2.29. The summed E-state index contributed by atoms with van der Waals surface area (Å²) in [5.41, 5.74) is -1.38. The van der Waals surface area contributed by atoms with Crippen LogP contribution in [0.4, 0.5) is 27.6 Å². The topological polar surface area (TPSA) is 29.1 Å². The Bertz CT molecular complexity index is 673. The van der Waals surface area contributed by atoms with E-state index < -0.39 is 40.7 Å². The number of hydrogen-bond acceptors (Lipinski definition) is 2. The second-order valence-electron chi connectivity index (χ2n) is 3.50. The molecule has 0 aliphatic carbocycles. The van der Waals surface area contributed by atoms with Gasteiger partial charge in [-0.05, 0) is 27.4 Å². The third kappa shape index (κ3) is 2.42. The second kappa shape index (κ2) is 5.49. The third-order valence-electron chi connectivity index (χ3n) is 2.27. The Morgan fingerprint density at radius 1 is 1.00 bits per heavy atom. The number of halogens is 6. The first-order chi connectivity index (χ1) is 9.34. The zero-order chi connectivity index (χ0) is 15.0. The van der Waals surface area contributed by atoms with Crippen molar-refractivity contribution in [3.05, 3.63) is 49.9 Å². The van der Waals surface area contributed by atoms with Crippen molar-refractivity contribution in [3.63, 3.8) is 0 Å². The maximum atomic E-state index is 13.4. The molecule has 20 heavy (non-hydrogen) atoms. The van der Waals surface area contributed by atoms with E-state index in [9.17, 15) is 26.7 Å². The molecule has 0 radical (unpaired) electrons. The lowest BCUT2D eigenvalue weighted by atomic mass is 10.2. The van der Waals surface area contributed by atoms with Crippen molar-refractivity contribution in [1.29, 1.82) is 0 Å². The van der Waals surface area contributed by atoms with Gasteiger partial charge in [0.15, 0.2) is 23.3 Å². The molecule has 2 aromatic rings. The number of thiophene rings is 1. The zero-order valence-electron chi connectivity index (χ0n) is 9.24. The monoisotopic (exact) mass is 371 g/mol. The molecule has 1 aromatic heterocycles. The molecule has 9 heteroatoms. The van der Waals surface area contributed by atoms with Crippen molar-refractivity contribution >= 4 is 38.9 Å². The van der Waals surface area contributed by atoms with Gasteiger partial charge in [-0.2, -0.15) is 0 Å². The second-order valence-corrected chi connectivity index (χ2v) is 5.27. The van der Waals surface area contributed by atoms with E-state index in [1.807, 2.05) is 0 Å². The molecule has 0 atom stereocenters. The lowest BCUT2D eigenvalue weighted by Crippen LogP contribution is -2.16. The summed E-state index contributed by atoms with van der Waals surface area (Å²) in [5.74, 6) is -11.7. The molecule has 0 fully saturated rings. The summed E-state index contributed by atoms with van der Waals surface area (Å²) in [7, 11) is 0. The van der Waals surface area contributed by atoms with Gasteiger partial charge in [-0.1, -0.05) is 0 Å². The van der Waals surface area contributed by atoms with Crippen LogP contribution in [-0.2, 0) is 0 Å². The molecular weight excluding hydrogens is 369 g/mol. The number of carbonyl (C=O) groups excluding carboxylic acids is 1. The normalized spacial score (nSPS) is 10.7. The van der Waals surface area contributed by atoms with Gasteiger partial charge in [0, 0.05) is 4.47 Å². The summed E-state index contributed by atoms with van der Waals surface area (Å²) in [4.78, 5) is 11.7. The van der Waals surface area contributed by atoms with Crippen LogP contribution in [0.25, 0.3) is 0 Å². The molecule has 1 heterocycles. The summed E-state index contributed by atoms with van der Waals surface area (Å²) in [6.07, 6.45) is 0. The number of anilines is 1. The van der Waals surface area contributed by atoms with Gasteiger partial charge in [-0.15, -0.1) is 11.3 Å². The maximum absolute atomic E-state index is 13.4. The van der Waals surface area contributed by atoms with Gasteiger partial charge in [-0.3, -0.25) is 4.79 Å². The minimum atomic E-state index is -2.28. The maximum Gasteiger partial charge on any atom is 0.267 e. The standard InChI is InChI=1S/C11H3BrF5NOS/c12-3-1-2-20-10(3)11(19)18-9-7(16)5(14)4(13)6(15)8(9)17/h1-2H,(H,18,19). The van der Waals surface area contributed by atoms with Crippen LogP contribution in [0, 0.1) is 29.1 Å². The van der Waals surface area contributed by atoms with Crippen LogP contribution in [0.3, 0.4) is 0 Å². The molecule has 1 amide bonds. The zero-order valence-corrected chi connectivity index (χ0v) is 11.6. The lowest BCUT2D eigenvalue weighted by molar-refractivity contribution is 0.102. The van der Waals surface area contributed by atoms with Crippen LogP contribution in [0.2, 0.25) is 0 Å². The first kappa shape index (κ1) is 14.9. The molecule has 2 nitrogen and oxygen atoms in total. The van der Waals surface area contributed by atoms with E-state index in [0.717, 1.165) is 11.3 Å². The van der Waals surface area contributed by atoms with Crippen LogP contribution >= 0.6 is 27.3 Å². The Balaban J connectivity index is 2.45. The third-order valence-corrected chi connectivity index (χ3v) is 4.11. The highest BCUT2D eigenvalue weighted by atomic mass is 79.9. The average Bonchev–Trinajstić information content (AvgIpc) is 2.85. The Morgan fingerprint density at radius 2 is 1.50 bits per heavy atom. The van der Waals surface area contributed by atoms with E-state index >= 15 is 0 Å². The molecule has 0 bridgehead atoms. The Morgan fingerprint density at radius 3 is 1.95 bits per heavy atom. The van der Waals surface area contributed by atoms with Gasteiger partial charge in [0.25, 0.3) is 5.91 Å². The first-order valence-corrected chi connectivity index (χ1v) is 6.57. The number of hydrogen-bond donors (Lipinski definition) is 1. The Labute approximate surface area is 121 Å². The predicted octanol–water partition coefficient (Wildman–Crippen LogP) is 4.46. The molecule has 0 unspecified atom stereocenters. The summed E-state index contributed by atoms with van der Waals surface area (Å²) in [6, 6.07) is 1.50. The van der Waals surface area contributed by atoms with Gasteiger partial charge in [0.05, 0.1) is 0 Å². The van der Waals surface area contributed by atoms with Gasteiger partial charge in [0.1, 0.15) is 10.6 Å².